The highest BCUT2D eigenvalue weighted by Gasteiger charge is 2.12. The van der Waals surface area contributed by atoms with Crippen LogP contribution >= 0.6 is 0 Å². The van der Waals surface area contributed by atoms with Crippen LogP contribution in [0.3, 0.4) is 0 Å². The van der Waals surface area contributed by atoms with Gasteiger partial charge in [-0.2, -0.15) is 0 Å². The van der Waals surface area contributed by atoms with Gasteiger partial charge in [0, 0.05) is 29.7 Å². The number of hydrogen-bond donors (Lipinski definition) is 2. The summed E-state index contributed by atoms with van der Waals surface area (Å²) in [4.78, 5) is 3.98. The van der Waals surface area contributed by atoms with E-state index in [9.17, 15) is 4.39 Å². The van der Waals surface area contributed by atoms with E-state index in [2.05, 4.69) is 4.98 Å². The molecular weight excluding hydrogens is 217 g/mol. The molecule has 4 N–H and O–H groups in total. The minimum absolute atomic E-state index is 0.245. The van der Waals surface area contributed by atoms with Crippen LogP contribution in [0.5, 0.6) is 0 Å². The first kappa shape index (κ1) is 11.5. The van der Waals surface area contributed by atoms with E-state index in [1.165, 1.54) is 6.07 Å². The maximum absolute atomic E-state index is 13.5. The molecule has 2 rings (SSSR count). The van der Waals surface area contributed by atoms with E-state index in [0.29, 0.717) is 17.7 Å². The highest BCUT2D eigenvalue weighted by Crippen LogP contribution is 2.21. The zero-order valence-electron chi connectivity index (χ0n) is 9.31. The molecule has 0 fully saturated rings. The molecule has 0 aliphatic carbocycles. The number of aromatic nitrogens is 1. The lowest BCUT2D eigenvalue weighted by Crippen LogP contribution is -2.16. The molecule has 1 aromatic heterocycles. The first-order valence-electron chi connectivity index (χ1n) is 5.37. The van der Waals surface area contributed by atoms with E-state index < -0.39 is 0 Å². The van der Waals surface area contributed by atoms with Gasteiger partial charge in [-0.05, 0) is 24.1 Å². The Bertz CT molecular complexity index is 514. The summed E-state index contributed by atoms with van der Waals surface area (Å²) in [6, 6.07) is 7.94. The summed E-state index contributed by atoms with van der Waals surface area (Å²) in [6.07, 6.45) is 3.64. The average molecular weight is 231 g/mol. The molecule has 0 saturated heterocycles. The third-order valence-corrected chi connectivity index (χ3v) is 2.68. The Labute approximate surface area is 99.3 Å². The molecule has 3 nitrogen and oxygen atoms in total. The molecule has 0 amide bonds. The molecule has 0 spiro atoms. The van der Waals surface area contributed by atoms with Crippen molar-refractivity contribution in [2.24, 2.45) is 5.73 Å². The van der Waals surface area contributed by atoms with Crippen molar-refractivity contribution in [3.05, 3.63) is 59.7 Å². The van der Waals surface area contributed by atoms with Crippen molar-refractivity contribution in [3.63, 3.8) is 0 Å². The first-order valence-corrected chi connectivity index (χ1v) is 5.37. The smallest absolute Gasteiger partial charge is 0.126 e. The lowest BCUT2D eigenvalue weighted by atomic mass is 9.99. The van der Waals surface area contributed by atoms with Gasteiger partial charge in [0.2, 0.25) is 0 Å². The second kappa shape index (κ2) is 4.93. The number of anilines is 1. The quantitative estimate of drug-likeness (QED) is 0.849. The maximum Gasteiger partial charge on any atom is 0.126 e. The van der Waals surface area contributed by atoms with Crippen molar-refractivity contribution >= 4 is 5.69 Å². The van der Waals surface area contributed by atoms with Crippen molar-refractivity contribution < 1.29 is 4.39 Å². The zero-order valence-corrected chi connectivity index (χ0v) is 9.31. The van der Waals surface area contributed by atoms with Crippen LogP contribution in [0, 0.1) is 5.82 Å². The van der Waals surface area contributed by atoms with Gasteiger partial charge in [-0.15, -0.1) is 0 Å². The molecule has 0 aliphatic rings. The van der Waals surface area contributed by atoms with Crippen LogP contribution in [-0.4, -0.2) is 4.98 Å². The summed E-state index contributed by atoms with van der Waals surface area (Å²) in [6.45, 7) is 0. The number of benzene rings is 1. The molecule has 1 unspecified atom stereocenters. The fourth-order valence-corrected chi connectivity index (χ4v) is 1.74. The number of pyridine rings is 1. The van der Waals surface area contributed by atoms with Gasteiger partial charge >= 0.3 is 0 Å². The lowest BCUT2D eigenvalue weighted by Gasteiger charge is -2.14. The van der Waals surface area contributed by atoms with Gasteiger partial charge in [0.05, 0.1) is 0 Å². The Morgan fingerprint density at radius 3 is 2.71 bits per heavy atom. The normalized spacial score (nSPS) is 12.4. The van der Waals surface area contributed by atoms with Gasteiger partial charge in [0.15, 0.2) is 0 Å². The fourth-order valence-electron chi connectivity index (χ4n) is 1.74. The van der Waals surface area contributed by atoms with Crippen molar-refractivity contribution in [1.82, 2.24) is 4.98 Å². The van der Waals surface area contributed by atoms with Gasteiger partial charge in [-0.3, -0.25) is 4.98 Å². The highest BCUT2D eigenvalue weighted by atomic mass is 19.1. The minimum atomic E-state index is -0.347. The number of nitrogens with zero attached hydrogens (tertiary/aromatic N) is 1. The molecule has 1 aromatic carbocycles. The summed E-state index contributed by atoms with van der Waals surface area (Å²) < 4.78 is 13.5. The Morgan fingerprint density at radius 1 is 1.24 bits per heavy atom. The summed E-state index contributed by atoms with van der Waals surface area (Å²) in [7, 11) is 0. The SMILES string of the molecule is Nc1ccncc1C(N)Cc1ccccc1F. The topological polar surface area (TPSA) is 64.9 Å². The molecule has 0 bridgehead atoms. The number of nitrogen functional groups attached to an aromatic ring is 1. The van der Waals surface area contributed by atoms with E-state index in [1.54, 1.807) is 36.7 Å². The van der Waals surface area contributed by atoms with Crippen molar-refractivity contribution in [3.8, 4) is 0 Å². The van der Waals surface area contributed by atoms with Gasteiger partial charge in [-0.25, -0.2) is 4.39 Å². The van der Waals surface area contributed by atoms with Crippen LogP contribution in [0.25, 0.3) is 0 Å². The average Bonchev–Trinajstić information content (AvgIpc) is 2.32. The second-order valence-electron chi connectivity index (χ2n) is 3.91. The number of hydrogen-bond acceptors (Lipinski definition) is 3. The standard InChI is InChI=1S/C13H14FN3/c14-11-4-2-1-3-9(11)7-13(16)10-8-17-6-5-12(10)15/h1-6,8,13H,7,16H2,(H2,15,17). The van der Waals surface area contributed by atoms with E-state index >= 15 is 0 Å². The third kappa shape index (κ3) is 2.60. The Kier molecular flexibility index (Phi) is 3.35. The van der Waals surface area contributed by atoms with Gasteiger partial charge in [-0.1, -0.05) is 18.2 Å². The monoisotopic (exact) mass is 231 g/mol. The van der Waals surface area contributed by atoms with Gasteiger partial charge in [0.25, 0.3) is 0 Å². The third-order valence-electron chi connectivity index (χ3n) is 2.68. The zero-order chi connectivity index (χ0) is 12.3. The Morgan fingerprint density at radius 2 is 2.00 bits per heavy atom. The van der Waals surface area contributed by atoms with Crippen molar-refractivity contribution in [2.45, 2.75) is 12.5 Å². The molecule has 0 saturated carbocycles. The summed E-state index contributed by atoms with van der Waals surface area (Å²) >= 11 is 0. The van der Waals surface area contributed by atoms with Crippen LogP contribution in [0.1, 0.15) is 17.2 Å². The summed E-state index contributed by atoms with van der Waals surface area (Å²) in [5, 5.41) is 0. The maximum atomic E-state index is 13.5. The number of halogens is 1. The van der Waals surface area contributed by atoms with Gasteiger partial charge < -0.3 is 11.5 Å². The minimum Gasteiger partial charge on any atom is -0.398 e. The summed E-state index contributed by atoms with van der Waals surface area (Å²) in [5.74, 6) is -0.245. The number of nitrogens with two attached hydrogens (primary N) is 2. The number of rotatable bonds is 3. The first-order chi connectivity index (χ1) is 8.18. The molecule has 17 heavy (non-hydrogen) atoms. The van der Waals surface area contributed by atoms with E-state index in [0.717, 1.165) is 5.56 Å². The van der Waals surface area contributed by atoms with Crippen LogP contribution in [0.2, 0.25) is 0 Å². The highest BCUT2D eigenvalue weighted by molar-refractivity contribution is 5.46. The van der Waals surface area contributed by atoms with Gasteiger partial charge in [0.1, 0.15) is 5.82 Å². The fraction of sp³-hybridized carbons (Fsp3) is 0.154. The predicted octanol–water partition coefficient (Wildman–Crippen LogP) is 2.05. The van der Waals surface area contributed by atoms with E-state index in [4.69, 9.17) is 11.5 Å². The predicted molar refractivity (Wildman–Crippen MR) is 65.7 cm³/mol. The summed E-state index contributed by atoms with van der Waals surface area (Å²) in [5.41, 5.74) is 13.7. The molecular formula is C13H14FN3. The lowest BCUT2D eigenvalue weighted by molar-refractivity contribution is 0.593. The van der Waals surface area contributed by atoms with Crippen molar-refractivity contribution in [2.75, 3.05) is 5.73 Å². The van der Waals surface area contributed by atoms with Crippen LogP contribution in [0.15, 0.2) is 42.7 Å². The largest absolute Gasteiger partial charge is 0.398 e. The van der Waals surface area contributed by atoms with Crippen LogP contribution in [0.4, 0.5) is 10.1 Å². The molecule has 88 valence electrons. The molecule has 2 aromatic rings. The van der Waals surface area contributed by atoms with Crippen LogP contribution in [-0.2, 0) is 6.42 Å². The second-order valence-corrected chi connectivity index (χ2v) is 3.91. The molecule has 0 aliphatic heterocycles. The molecule has 1 heterocycles. The Hall–Kier alpha value is -1.94. The van der Waals surface area contributed by atoms with E-state index in [-0.39, 0.29) is 11.9 Å². The molecule has 4 heteroatoms. The van der Waals surface area contributed by atoms with E-state index in [1.807, 2.05) is 0 Å². The van der Waals surface area contributed by atoms with Crippen molar-refractivity contribution in [1.29, 1.82) is 0 Å². The van der Waals surface area contributed by atoms with Crippen LogP contribution < -0.4 is 11.5 Å². The molecule has 1 atom stereocenters. The molecule has 0 radical (unpaired) electrons. The Balaban J connectivity index is 2.20.